The van der Waals surface area contributed by atoms with Crippen LogP contribution >= 0.6 is 0 Å². The molecule has 0 saturated carbocycles. The lowest BCUT2D eigenvalue weighted by Gasteiger charge is -2.47. The quantitative estimate of drug-likeness (QED) is 0.681. The molecule has 0 unspecified atom stereocenters. The van der Waals surface area contributed by atoms with Crippen molar-refractivity contribution < 1.29 is 14.6 Å². The van der Waals surface area contributed by atoms with Gasteiger partial charge in [-0.05, 0) is 30.9 Å². The second-order valence-electron chi connectivity index (χ2n) is 6.36. The summed E-state index contributed by atoms with van der Waals surface area (Å²) in [6, 6.07) is 0. The van der Waals surface area contributed by atoms with E-state index in [-0.39, 0.29) is 29.3 Å². The number of fused-ring (bicyclic) bond motifs is 2. The number of hydrogen-bond donors (Lipinski definition) is 1. The topological polar surface area (TPSA) is 46.5 Å². The molecule has 19 heavy (non-hydrogen) atoms. The van der Waals surface area contributed by atoms with Gasteiger partial charge in [-0.1, -0.05) is 26.8 Å². The fourth-order valence-electron chi connectivity index (χ4n) is 3.53. The summed E-state index contributed by atoms with van der Waals surface area (Å²) in [5.41, 5.74) is 2.81. The number of carbonyl (C=O) groups excluding carboxylic acids is 1. The van der Waals surface area contributed by atoms with Gasteiger partial charge in [0.05, 0.1) is 6.10 Å². The molecule has 4 atom stereocenters. The SMILES string of the molecule is CC1=C2C[C@@]3(C)C(=C[C@@H](C)[C@H](O)[C@@H]3C)C=C2OC1=O. The first-order valence-corrected chi connectivity index (χ1v) is 6.89. The van der Waals surface area contributed by atoms with Crippen LogP contribution in [0.1, 0.15) is 34.1 Å². The van der Waals surface area contributed by atoms with Gasteiger partial charge in [0.15, 0.2) is 0 Å². The summed E-state index contributed by atoms with van der Waals surface area (Å²) in [6.07, 6.45) is 4.55. The molecule has 3 aliphatic rings. The molecule has 1 N–H and O–H groups in total. The van der Waals surface area contributed by atoms with Gasteiger partial charge in [0, 0.05) is 22.5 Å². The molecule has 0 spiro atoms. The second-order valence-corrected chi connectivity index (χ2v) is 6.36. The zero-order valence-corrected chi connectivity index (χ0v) is 11.9. The summed E-state index contributed by atoms with van der Waals surface area (Å²) in [7, 11) is 0. The third-order valence-electron chi connectivity index (χ3n) is 5.25. The van der Waals surface area contributed by atoms with Gasteiger partial charge in [0.1, 0.15) is 5.76 Å². The van der Waals surface area contributed by atoms with Crippen molar-refractivity contribution in [2.75, 3.05) is 0 Å². The van der Waals surface area contributed by atoms with E-state index >= 15 is 0 Å². The summed E-state index contributed by atoms with van der Waals surface area (Å²) in [6.45, 7) is 8.13. The lowest BCUT2D eigenvalue weighted by molar-refractivity contribution is -0.133. The molecule has 0 aromatic rings. The van der Waals surface area contributed by atoms with Crippen LogP contribution in [0.2, 0.25) is 0 Å². The molecule has 1 heterocycles. The van der Waals surface area contributed by atoms with Gasteiger partial charge in [-0.3, -0.25) is 0 Å². The molecule has 102 valence electrons. The van der Waals surface area contributed by atoms with Crippen molar-refractivity contribution in [1.82, 2.24) is 0 Å². The van der Waals surface area contributed by atoms with Crippen LogP contribution in [0.25, 0.3) is 0 Å². The van der Waals surface area contributed by atoms with Gasteiger partial charge in [-0.2, -0.15) is 0 Å². The Bertz CT molecular complexity index is 552. The summed E-state index contributed by atoms with van der Waals surface area (Å²) in [5, 5.41) is 10.3. The molecule has 3 heteroatoms. The van der Waals surface area contributed by atoms with E-state index in [1.807, 2.05) is 19.9 Å². The zero-order valence-electron chi connectivity index (χ0n) is 11.9. The van der Waals surface area contributed by atoms with Gasteiger partial charge < -0.3 is 9.84 Å². The number of aliphatic hydroxyl groups is 1. The Hall–Kier alpha value is -1.35. The highest BCUT2D eigenvalue weighted by atomic mass is 16.5. The summed E-state index contributed by atoms with van der Waals surface area (Å²) in [4.78, 5) is 11.7. The second kappa shape index (κ2) is 3.83. The Labute approximate surface area is 113 Å². The Morgan fingerprint density at radius 2 is 2.11 bits per heavy atom. The van der Waals surface area contributed by atoms with Crippen LogP contribution in [0, 0.1) is 17.3 Å². The first-order valence-electron chi connectivity index (χ1n) is 6.89. The smallest absolute Gasteiger partial charge is 0.339 e. The van der Waals surface area contributed by atoms with Gasteiger partial charge in [0.25, 0.3) is 0 Å². The molecular weight excluding hydrogens is 240 g/mol. The minimum Gasteiger partial charge on any atom is -0.423 e. The molecule has 0 saturated heterocycles. The van der Waals surface area contributed by atoms with Crippen molar-refractivity contribution in [3.8, 4) is 0 Å². The molecule has 2 aliphatic carbocycles. The Morgan fingerprint density at radius 1 is 1.42 bits per heavy atom. The highest BCUT2D eigenvalue weighted by Crippen LogP contribution is 2.54. The van der Waals surface area contributed by atoms with Crippen LogP contribution in [0.3, 0.4) is 0 Å². The Balaban J connectivity index is 2.15. The normalized spacial score (nSPS) is 41.3. The Morgan fingerprint density at radius 3 is 2.79 bits per heavy atom. The van der Waals surface area contributed by atoms with E-state index in [1.54, 1.807) is 0 Å². The zero-order chi connectivity index (χ0) is 13.9. The van der Waals surface area contributed by atoms with Crippen molar-refractivity contribution in [2.45, 2.75) is 40.2 Å². The van der Waals surface area contributed by atoms with Gasteiger partial charge in [0.2, 0.25) is 0 Å². The maximum absolute atomic E-state index is 11.7. The van der Waals surface area contributed by atoms with Gasteiger partial charge in [-0.25, -0.2) is 4.79 Å². The molecule has 0 bridgehead atoms. The molecule has 3 nitrogen and oxygen atoms in total. The average molecular weight is 260 g/mol. The monoisotopic (exact) mass is 260 g/mol. The van der Waals surface area contributed by atoms with Crippen LogP contribution in [0.15, 0.2) is 34.6 Å². The highest BCUT2D eigenvalue weighted by molar-refractivity contribution is 5.94. The van der Waals surface area contributed by atoms with E-state index in [0.717, 1.165) is 12.0 Å². The summed E-state index contributed by atoms with van der Waals surface area (Å²) in [5.74, 6) is 0.780. The Kier molecular flexibility index (Phi) is 2.55. The third-order valence-corrected chi connectivity index (χ3v) is 5.25. The van der Waals surface area contributed by atoms with E-state index < -0.39 is 0 Å². The summed E-state index contributed by atoms with van der Waals surface area (Å²) < 4.78 is 5.31. The molecular formula is C16H20O3. The fraction of sp³-hybridized carbons (Fsp3) is 0.562. The lowest BCUT2D eigenvalue weighted by Crippen LogP contribution is -2.43. The van der Waals surface area contributed by atoms with Crippen molar-refractivity contribution in [3.63, 3.8) is 0 Å². The van der Waals surface area contributed by atoms with Crippen molar-refractivity contribution >= 4 is 5.97 Å². The standard InChI is InChI=1S/C16H20O3/c1-8-5-11-6-13-12(9(2)15(18)19-13)7-16(11,4)10(3)14(8)17/h5-6,8,10,14,17H,7H2,1-4H3/t8-,10+,14+,16-/m1/s1. The molecule has 0 amide bonds. The minimum absolute atomic E-state index is 0.111. The van der Waals surface area contributed by atoms with Crippen molar-refractivity contribution in [1.29, 1.82) is 0 Å². The minimum atomic E-state index is -0.331. The molecule has 0 aromatic heterocycles. The number of allylic oxidation sites excluding steroid dienone is 3. The van der Waals surface area contributed by atoms with Crippen molar-refractivity contribution in [2.24, 2.45) is 17.3 Å². The highest BCUT2D eigenvalue weighted by Gasteiger charge is 2.48. The van der Waals surface area contributed by atoms with E-state index in [2.05, 4.69) is 19.9 Å². The van der Waals surface area contributed by atoms with E-state index in [9.17, 15) is 9.90 Å². The predicted molar refractivity (Wildman–Crippen MR) is 72.0 cm³/mol. The van der Waals surface area contributed by atoms with Gasteiger partial charge >= 0.3 is 5.97 Å². The number of esters is 1. The molecule has 1 aliphatic heterocycles. The van der Waals surface area contributed by atoms with Crippen LogP contribution < -0.4 is 0 Å². The number of ether oxygens (including phenoxy) is 1. The first-order chi connectivity index (χ1) is 8.84. The maximum Gasteiger partial charge on any atom is 0.339 e. The number of aliphatic hydroxyl groups excluding tert-OH is 1. The van der Waals surface area contributed by atoms with Crippen LogP contribution in [0.5, 0.6) is 0 Å². The molecule has 0 radical (unpaired) electrons. The number of rotatable bonds is 0. The molecule has 0 fully saturated rings. The number of carbonyl (C=O) groups is 1. The lowest BCUT2D eigenvalue weighted by atomic mass is 9.59. The third kappa shape index (κ3) is 1.57. The van der Waals surface area contributed by atoms with Crippen LogP contribution in [-0.4, -0.2) is 17.2 Å². The van der Waals surface area contributed by atoms with Gasteiger partial charge in [-0.15, -0.1) is 0 Å². The average Bonchev–Trinajstić information content (AvgIpc) is 2.62. The van der Waals surface area contributed by atoms with E-state index in [4.69, 9.17) is 4.74 Å². The number of hydrogen-bond acceptors (Lipinski definition) is 3. The van der Waals surface area contributed by atoms with Crippen LogP contribution in [0.4, 0.5) is 0 Å². The van der Waals surface area contributed by atoms with E-state index in [0.29, 0.717) is 11.3 Å². The largest absolute Gasteiger partial charge is 0.423 e. The predicted octanol–water partition coefficient (Wildman–Crippen LogP) is 2.73. The maximum atomic E-state index is 11.7. The molecule has 3 rings (SSSR count). The van der Waals surface area contributed by atoms with Crippen LogP contribution in [-0.2, 0) is 9.53 Å². The molecule has 0 aromatic carbocycles. The van der Waals surface area contributed by atoms with Crippen molar-refractivity contribution in [3.05, 3.63) is 34.6 Å². The first kappa shape index (κ1) is 12.7. The summed E-state index contributed by atoms with van der Waals surface area (Å²) >= 11 is 0. The van der Waals surface area contributed by atoms with E-state index in [1.165, 1.54) is 5.57 Å². The fourth-order valence-corrected chi connectivity index (χ4v) is 3.53.